The lowest BCUT2D eigenvalue weighted by atomic mass is 10.4. The van der Waals surface area contributed by atoms with Crippen molar-refractivity contribution in [3.63, 3.8) is 0 Å². The van der Waals surface area contributed by atoms with E-state index in [9.17, 15) is 9.59 Å². The average molecular weight is 251 g/mol. The molecule has 5 heteroatoms. The number of hydrogen-bond donors (Lipinski definition) is 0. The van der Waals surface area contributed by atoms with Crippen LogP contribution in [0.15, 0.2) is 17.2 Å². The Hall–Kier alpha value is -1.52. The number of amides is 1. The number of aryl methyl sites for hydroxylation is 1. The standard InChI is InChI=1S/C13H21N3O2/c1-3-7-14-8-9-15(13(14)18)10-12(17)16(4-2)11-5-6-11/h8-9,11H,3-7,10H2,1-2H3. The highest BCUT2D eigenvalue weighted by Crippen LogP contribution is 2.26. The molecule has 2 rings (SSSR count). The third kappa shape index (κ3) is 2.66. The molecule has 5 nitrogen and oxygen atoms in total. The first-order valence-corrected chi connectivity index (χ1v) is 6.72. The van der Waals surface area contributed by atoms with E-state index in [0.717, 1.165) is 25.8 Å². The number of carbonyl (C=O) groups is 1. The second-order valence-corrected chi connectivity index (χ2v) is 4.81. The largest absolute Gasteiger partial charge is 0.338 e. The third-order valence-corrected chi connectivity index (χ3v) is 3.34. The maximum atomic E-state index is 12.1. The molecule has 1 heterocycles. The van der Waals surface area contributed by atoms with Crippen molar-refractivity contribution in [2.75, 3.05) is 6.54 Å². The van der Waals surface area contributed by atoms with Crippen molar-refractivity contribution in [2.24, 2.45) is 0 Å². The van der Waals surface area contributed by atoms with Crippen LogP contribution in [0.4, 0.5) is 0 Å². The summed E-state index contributed by atoms with van der Waals surface area (Å²) in [4.78, 5) is 25.9. The molecule has 0 aliphatic heterocycles. The summed E-state index contributed by atoms with van der Waals surface area (Å²) in [5.41, 5.74) is -0.0861. The SMILES string of the molecule is CCCn1ccn(CC(=O)N(CC)C2CC2)c1=O. The zero-order valence-corrected chi connectivity index (χ0v) is 11.1. The van der Waals surface area contributed by atoms with Gasteiger partial charge in [0.05, 0.1) is 0 Å². The van der Waals surface area contributed by atoms with Gasteiger partial charge >= 0.3 is 5.69 Å². The van der Waals surface area contributed by atoms with Crippen molar-refractivity contribution < 1.29 is 4.79 Å². The van der Waals surface area contributed by atoms with Crippen LogP contribution in [0.2, 0.25) is 0 Å². The van der Waals surface area contributed by atoms with E-state index in [2.05, 4.69) is 0 Å². The lowest BCUT2D eigenvalue weighted by Crippen LogP contribution is -2.38. The fourth-order valence-corrected chi connectivity index (χ4v) is 2.25. The minimum absolute atomic E-state index is 0.0522. The number of carbonyl (C=O) groups excluding carboxylic acids is 1. The van der Waals surface area contributed by atoms with Gasteiger partial charge in [-0.15, -0.1) is 0 Å². The van der Waals surface area contributed by atoms with Crippen LogP contribution >= 0.6 is 0 Å². The van der Waals surface area contributed by atoms with Crippen LogP contribution < -0.4 is 5.69 Å². The van der Waals surface area contributed by atoms with E-state index >= 15 is 0 Å². The van der Waals surface area contributed by atoms with E-state index in [-0.39, 0.29) is 18.1 Å². The minimum atomic E-state index is -0.0861. The summed E-state index contributed by atoms with van der Waals surface area (Å²) >= 11 is 0. The van der Waals surface area contributed by atoms with Crippen LogP contribution in [0.25, 0.3) is 0 Å². The van der Waals surface area contributed by atoms with Gasteiger partial charge in [0.2, 0.25) is 5.91 Å². The Morgan fingerprint density at radius 3 is 2.56 bits per heavy atom. The number of aromatic nitrogens is 2. The molecule has 0 atom stereocenters. The monoisotopic (exact) mass is 251 g/mol. The quantitative estimate of drug-likeness (QED) is 0.759. The second-order valence-electron chi connectivity index (χ2n) is 4.81. The summed E-state index contributed by atoms with van der Waals surface area (Å²) < 4.78 is 3.16. The third-order valence-electron chi connectivity index (χ3n) is 3.34. The van der Waals surface area contributed by atoms with Crippen molar-refractivity contribution >= 4 is 5.91 Å². The first-order valence-electron chi connectivity index (χ1n) is 6.72. The maximum absolute atomic E-state index is 12.1. The lowest BCUT2D eigenvalue weighted by Gasteiger charge is -2.20. The van der Waals surface area contributed by atoms with Crippen LogP contribution in [-0.2, 0) is 17.9 Å². The summed E-state index contributed by atoms with van der Waals surface area (Å²) in [6, 6.07) is 0.413. The second kappa shape index (κ2) is 5.42. The van der Waals surface area contributed by atoms with Crippen molar-refractivity contribution in [3.8, 4) is 0 Å². The van der Waals surface area contributed by atoms with Crippen LogP contribution in [0.1, 0.15) is 33.1 Å². The molecule has 1 aromatic rings. The molecule has 100 valence electrons. The molecule has 18 heavy (non-hydrogen) atoms. The Kier molecular flexibility index (Phi) is 3.89. The fraction of sp³-hybridized carbons (Fsp3) is 0.692. The Morgan fingerprint density at radius 1 is 1.33 bits per heavy atom. The number of imidazole rings is 1. The molecule has 0 N–H and O–H groups in total. The van der Waals surface area contributed by atoms with Gasteiger partial charge < -0.3 is 4.90 Å². The van der Waals surface area contributed by atoms with Crippen LogP contribution in [0.5, 0.6) is 0 Å². The van der Waals surface area contributed by atoms with E-state index in [1.54, 1.807) is 17.0 Å². The van der Waals surface area contributed by atoms with E-state index in [1.807, 2.05) is 18.7 Å². The molecule has 0 radical (unpaired) electrons. The fourth-order valence-electron chi connectivity index (χ4n) is 2.25. The molecule has 1 aliphatic rings. The van der Waals surface area contributed by atoms with E-state index in [1.165, 1.54) is 4.57 Å². The topological polar surface area (TPSA) is 47.2 Å². The van der Waals surface area contributed by atoms with Crippen LogP contribution in [0.3, 0.4) is 0 Å². The molecule has 0 saturated heterocycles. The van der Waals surface area contributed by atoms with Gasteiger partial charge in [0.15, 0.2) is 0 Å². The number of likely N-dealkylation sites (N-methyl/N-ethyl adjacent to an activating group) is 1. The van der Waals surface area contributed by atoms with Gasteiger partial charge in [0.1, 0.15) is 6.54 Å². The highest BCUT2D eigenvalue weighted by Gasteiger charge is 2.31. The smallest absolute Gasteiger partial charge is 0.328 e. The van der Waals surface area contributed by atoms with Gasteiger partial charge in [-0.3, -0.25) is 13.9 Å². The Morgan fingerprint density at radius 2 is 2.00 bits per heavy atom. The maximum Gasteiger partial charge on any atom is 0.328 e. The van der Waals surface area contributed by atoms with Gasteiger partial charge in [0, 0.05) is 31.5 Å². The Bertz CT molecular complexity index is 471. The summed E-state index contributed by atoms with van der Waals surface area (Å²) in [6.07, 6.45) is 6.58. The zero-order chi connectivity index (χ0) is 13.1. The first-order chi connectivity index (χ1) is 8.67. The molecule has 1 aromatic heterocycles. The zero-order valence-electron chi connectivity index (χ0n) is 11.1. The predicted molar refractivity (Wildman–Crippen MR) is 69.4 cm³/mol. The molecule has 0 aromatic carbocycles. The van der Waals surface area contributed by atoms with Crippen LogP contribution in [0, 0.1) is 0 Å². The molecule has 1 amide bonds. The molecule has 1 fully saturated rings. The van der Waals surface area contributed by atoms with E-state index in [0.29, 0.717) is 12.6 Å². The van der Waals surface area contributed by atoms with Crippen molar-refractivity contribution in [1.82, 2.24) is 14.0 Å². The molecule has 0 spiro atoms. The first kappa shape index (κ1) is 12.9. The van der Waals surface area contributed by atoms with Crippen molar-refractivity contribution in [2.45, 2.75) is 52.2 Å². The Balaban J connectivity index is 2.04. The van der Waals surface area contributed by atoms with Crippen LogP contribution in [-0.4, -0.2) is 32.5 Å². The summed E-state index contributed by atoms with van der Waals surface area (Å²) in [6.45, 7) is 5.62. The van der Waals surface area contributed by atoms with Gasteiger partial charge in [0.25, 0.3) is 0 Å². The predicted octanol–water partition coefficient (Wildman–Crippen LogP) is 1.07. The average Bonchev–Trinajstić information content (AvgIpc) is 3.12. The summed E-state index contributed by atoms with van der Waals surface area (Å²) in [5.74, 6) is 0.0522. The number of nitrogens with zero attached hydrogens (tertiary/aromatic N) is 3. The minimum Gasteiger partial charge on any atom is -0.338 e. The Labute approximate surface area is 107 Å². The molecule has 1 aliphatic carbocycles. The highest BCUT2D eigenvalue weighted by atomic mass is 16.2. The molecule has 1 saturated carbocycles. The van der Waals surface area contributed by atoms with E-state index in [4.69, 9.17) is 0 Å². The molecular formula is C13H21N3O2. The summed E-state index contributed by atoms with van der Waals surface area (Å²) in [5, 5.41) is 0. The highest BCUT2D eigenvalue weighted by molar-refractivity contribution is 5.76. The van der Waals surface area contributed by atoms with Gasteiger partial charge in [-0.1, -0.05) is 6.92 Å². The lowest BCUT2D eigenvalue weighted by molar-refractivity contribution is -0.132. The molecule has 0 unspecified atom stereocenters. The van der Waals surface area contributed by atoms with Gasteiger partial charge in [-0.2, -0.15) is 0 Å². The van der Waals surface area contributed by atoms with Crippen molar-refractivity contribution in [3.05, 3.63) is 22.9 Å². The van der Waals surface area contributed by atoms with Crippen molar-refractivity contribution in [1.29, 1.82) is 0 Å². The number of hydrogen-bond acceptors (Lipinski definition) is 2. The number of rotatable bonds is 6. The normalized spacial score (nSPS) is 14.8. The molecule has 0 bridgehead atoms. The van der Waals surface area contributed by atoms with E-state index < -0.39 is 0 Å². The van der Waals surface area contributed by atoms with Gasteiger partial charge in [-0.25, -0.2) is 4.79 Å². The molecular weight excluding hydrogens is 230 g/mol. The van der Waals surface area contributed by atoms with Gasteiger partial charge in [-0.05, 0) is 26.2 Å². The summed E-state index contributed by atoms with van der Waals surface area (Å²) in [7, 11) is 0.